The number of nitrogens with one attached hydrogen (secondary N) is 1. The Morgan fingerprint density at radius 1 is 1.09 bits per heavy atom. The minimum Gasteiger partial charge on any atom is -0.376 e. The van der Waals surface area contributed by atoms with E-state index in [0.717, 1.165) is 32.3 Å². The molecule has 8 nitrogen and oxygen atoms in total. The number of amides is 2. The normalized spacial score (nSPS) is 20.2. The van der Waals surface area contributed by atoms with Crippen molar-refractivity contribution in [2.24, 2.45) is 0 Å². The third-order valence-corrected chi connectivity index (χ3v) is 6.37. The zero-order valence-corrected chi connectivity index (χ0v) is 19.7. The largest absolute Gasteiger partial charge is 0.376 e. The van der Waals surface area contributed by atoms with Crippen LogP contribution in [0, 0.1) is 0 Å². The highest BCUT2D eigenvalue weighted by Gasteiger charge is 2.27. The quantitative estimate of drug-likeness (QED) is 0.565. The number of hydrogen-bond donors (Lipinski definition) is 1. The maximum atomic E-state index is 13.2. The van der Waals surface area contributed by atoms with Gasteiger partial charge in [-0.25, -0.2) is 0 Å². The Hall–Kier alpha value is -2.13. The summed E-state index contributed by atoms with van der Waals surface area (Å²) in [5.41, 5.74) is 0.737. The van der Waals surface area contributed by atoms with Crippen LogP contribution in [-0.2, 0) is 14.3 Å². The molecule has 3 heterocycles. The van der Waals surface area contributed by atoms with Crippen molar-refractivity contribution in [1.82, 2.24) is 15.4 Å². The summed E-state index contributed by atoms with van der Waals surface area (Å²) in [6, 6.07) is 6.55. The molecule has 0 bridgehead atoms. The van der Waals surface area contributed by atoms with Crippen LogP contribution in [0.4, 0.5) is 0 Å². The van der Waals surface area contributed by atoms with Gasteiger partial charge in [-0.15, -0.1) is 0 Å². The molecule has 0 unspecified atom stereocenters. The first-order valence-corrected chi connectivity index (χ1v) is 12.0. The van der Waals surface area contributed by atoms with E-state index in [0.29, 0.717) is 41.1 Å². The molecule has 1 aromatic carbocycles. The molecule has 0 radical (unpaired) electrons. The number of rotatable bonds is 9. The molecule has 1 N–H and O–H groups in total. The predicted octanol–water partition coefficient (Wildman–Crippen LogP) is 3.95. The Kier molecular flexibility index (Phi) is 8.25. The molecule has 33 heavy (non-hydrogen) atoms. The van der Waals surface area contributed by atoms with Crippen LogP contribution in [-0.4, -0.2) is 66.9 Å². The van der Waals surface area contributed by atoms with Crippen LogP contribution >= 0.6 is 23.2 Å². The van der Waals surface area contributed by atoms with E-state index in [1.807, 2.05) is 0 Å². The van der Waals surface area contributed by atoms with Crippen molar-refractivity contribution in [3.63, 3.8) is 0 Å². The molecule has 178 valence electrons. The van der Waals surface area contributed by atoms with E-state index in [1.54, 1.807) is 29.2 Å². The van der Waals surface area contributed by atoms with Crippen LogP contribution < -0.4 is 5.32 Å². The van der Waals surface area contributed by atoms with Gasteiger partial charge in [0.25, 0.3) is 5.91 Å². The first kappa shape index (κ1) is 24.0. The van der Waals surface area contributed by atoms with Crippen molar-refractivity contribution in [2.75, 3.05) is 32.8 Å². The van der Waals surface area contributed by atoms with Crippen LogP contribution in [0.5, 0.6) is 0 Å². The number of aromatic nitrogens is 1. The van der Waals surface area contributed by atoms with E-state index in [9.17, 15) is 9.59 Å². The van der Waals surface area contributed by atoms with Crippen LogP contribution in [0.2, 0.25) is 10.0 Å². The van der Waals surface area contributed by atoms with E-state index < -0.39 is 0 Å². The molecular formula is C23H27Cl2N3O5. The lowest BCUT2D eigenvalue weighted by atomic mass is 10.1. The first-order valence-electron chi connectivity index (χ1n) is 11.2. The zero-order valence-electron chi connectivity index (χ0n) is 18.2. The second-order valence-electron chi connectivity index (χ2n) is 8.28. The van der Waals surface area contributed by atoms with Gasteiger partial charge in [-0.2, -0.15) is 0 Å². The molecule has 0 saturated carbocycles. The molecule has 2 atom stereocenters. The Morgan fingerprint density at radius 2 is 1.85 bits per heavy atom. The third kappa shape index (κ3) is 6.47. The van der Waals surface area contributed by atoms with Crippen molar-refractivity contribution < 1.29 is 23.6 Å². The van der Waals surface area contributed by atoms with Crippen molar-refractivity contribution in [2.45, 2.75) is 44.3 Å². The summed E-state index contributed by atoms with van der Waals surface area (Å²) >= 11 is 12.2. The molecule has 10 heteroatoms. The van der Waals surface area contributed by atoms with Gasteiger partial charge in [-0.1, -0.05) is 28.4 Å². The highest BCUT2D eigenvalue weighted by Crippen LogP contribution is 2.31. The Morgan fingerprint density at radius 3 is 2.55 bits per heavy atom. The number of benzene rings is 1. The molecule has 0 aliphatic carbocycles. The maximum absolute atomic E-state index is 13.2. The summed E-state index contributed by atoms with van der Waals surface area (Å²) in [4.78, 5) is 27.2. The lowest BCUT2D eigenvalue weighted by molar-refractivity contribution is -0.121. The van der Waals surface area contributed by atoms with E-state index in [2.05, 4.69) is 10.5 Å². The zero-order chi connectivity index (χ0) is 23.2. The van der Waals surface area contributed by atoms with Gasteiger partial charge < -0.3 is 24.2 Å². The summed E-state index contributed by atoms with van der Waals surface area (Å²) < 4.78 is 16.6. The van der Waals surface area contributed by atoms with Crippen LogP contribution in [0.25, 0.3) is 11.3 Å². The summed E-state index contributed by atoms with van der Waals surface area (Å²) in [6.45, 7) is 2.55. The van der Waals surface area contributed by atoms with Crippen molar-refractivity contribution in [3.8, 4) is 11.3 Å². The fourth-order valence-electron chi connectivity index (χ4n) is 4.02. The Bertz CT molecular complexity index is 971. The minimum atomic E-state index is -0.322. The number of nitrogens with zero attached hydrogens (tertiary/aromatic N) is 2. The number of hydrogen-bond acceptors (Lipinski definition) is 6. The summed E-state index contributed by atoms with van der Waals surface area (Å²) in [6.07, 6.45) is 4.00. The first-order chi connectivity index (χ1) is 16.0. The lowest BCUT2D eigenvalue weighted by Gasteiger charge is -2.24. The number of halogens is 2. The SMILES string of the molecule is O=C(CCN(C[C@@H]1CCCO1)C(=O)c1cc(-c2ccc(Cl)cc2Cl)on1)NC[C@H]1CCCO1. The molecule has 2 aliphatic rings. The van der Waals surface area contributed by atoms with Crippen LogP contribution in [0.15, 0.2) is 28.8 Å². The van der Waals surface area contributed by atoms with Gasteiger partial charge in [0.05, 0.1) is 17.2 Å². The maximum Gasteiger partial charge on any atom is 0.276 e. The monoisotopic (exact) mass is 495 g/mol. The molecular weight excluding hydrogens is 469 g/mol. The van der Waals surface area contributed by atoms with Gasteiger partial charge in [-0.05, 0) is 43.9 Å². The average Bonchev–Trinajstić information content (AvgIpc) is 3.57. The molecule has 2 amide bonds. The highest BCUT2D eigenvalue weighted by molar-refractivity contribution is 6.36. The van der Waals surface area contributed by atoms with E-state index in [1.165, 1.54) is 0 Å². The van der Waals surface area contributed by atoms with E-state index >= 15 is 0 Å². The molecule has 2 aliphatic heterocycles. The smallest absolute Gasteiger partial charge is 0.276 e. The Balaban J connectivity index is 1.40. The van der Waals surface area contributed by atoms with Crippen molar-refractivity contribution in [3.05, 3.63) is 40.0 Å². The molecule has 2 fully saturated rings. The summed E-state index contributed by atoms with van der Waals surface area (Å²) in [5.74, 6) is -0.0756. The molecule has 1 aromatic heterocycles. The summed E-state index contributed by atoms with van der Waals surface area (Å²) in [5, 5.41) is 7.75. The van der Waals surface area contributed by atoms with E-state index in [4.69, 9.17) is 37.2 Å². The van der Waals surface area contributed by atoms with E-state index in [-0.39, 0.29) is 42.7 Å². The molecule has 2 saturated heterocycles. The number of ether oxygens (including phenoxy) is 2. The van der Waals surface area contributed by atoms with Gasteiger partial charge >= 0.3 is 0 Å². The fourth-order valence-corrected chi connectivity index (χ4v) is 4.52. The summed E-state index contributed by atoms with van der Waals surface area (Å²) in [7, 11) is 0. The highest BCUT2D eigenvalue weighted by atomic mass is 35.5. The average molecular weight is 496 g/mol. The topological polar surface area (TPSA) is 93.9 Å². The van der Waals surface area contributed by atoms with Gasteiger partial charge in [0.2, 0.25) is 5.91 Å². The van der Waals surface area contributed by atoms with Gasteiger partial charge in [-0.3, -0.25) is 9.59 Å². The van der Waals surface area contributed by atoms with Gasteiger partial charge in [0.15, 0.2) is 11.5 Å². The van der Waals surface area contributed by atoms with Gasteiger partial charge in [0.1, 0.15) is 0 Å². The molecule has 2 aromatic rings. The van der Waals surface area contributed by atoms with Crippen LogP contribution in [0.3, 0.4) is 0 Å². The molecule has 4 rings (SSSR count). The lowest BCUT2D eigenvalue weighted by Crippen LogP contribution is -2.40. The van der Waals surface area contributed by atoms with Crippen molar-refractivity contribution in [1.29, 1.82) is 0 Å². The second kappa shape index (κ2) is 11.3. The fraction of sp³-hybridized carbons (Fsp3) is 0.522. The second-order valence-corrected chi connectivity index (χ2v) is 9.12. The van der Waals surface area contributed by atoms with Gasteiger partial charge in [0, 0.05) is 55.9 Å². The number of carbonyl (C=O) groups excluding carboxylic acids is 2. The molecule has 0 spiro atoms. The minimum absolute atomic E-state index is 0.0546. The number of carbonyl (C=O) groups is 2. The van der Waals surface area contributed by atoms with Crippen molar-refractivity contribution >= 4 is 35.0 Å². The Labute approximate surface area is 202 Å². The van der Waals surface area contributed by atoms with Crippen LogP contribution in [0.1, 0.15) is 42.6 Å². The third-order valence-electron chi connectivity index (χ3n) is 5.82. The standard InChI is InChI=1S/C23H27Cl2N3O5/c24-15-5-6-18(19(25)11-15)21-12-20(27-33-21)23(30)28(14-17-4-2-10-32-17)8-7-22(29)26-13-16-3-1-9-31-16/h5-6,11-12,16-17H,1-4,7-10,13-14H2,(H,26,29)/t16-,17+/m1/s1. The predicted molar refractivity (Wildman–Crippen MR) is 123 cm³/mol.